The largest absolute Gasteiger partial charge is 0.508 e. The first-order chi connectivity index (χ1) is 58.8. The number of cyclic esters (lactones) is 1. The summed E-state index contributed by atoms with van der Waals surface area (Å²) in [7, 11) is 9.45. The number of Topliss-reactive ketones (excluding diaryl/α,β-unsaturated/α-hetero) is 2. The highest BCUT2D eigenvalue weighted by molar-refractivity contribution is 6.31. The fraction of sp³-hybridized carbons (Fsp3) is 0.472. The van der Waals surface area contributed by atoms with E-state index in [1.54, 1.807) is 81.4 Å². The molecule has 33 nitrogen and oxygen atoms in total. The van der Waals surface area contributed by atoms with Crippen molar-refractivity contribution >= 4 is 63.1 Å². The number of methoxy groups -OCH3 is 2. The molecule has 10 aliphatic rings. The Kier molecular flexibility index (Phi) is 22.9. The van der Waals surface area contributed by atoms with E-state index in [0.29, 0.717) is 140 Å². The number of nitrogens with zero attached hydrogens (tertiary/aromatic N) is 7. The number of aliphatic hydroxyl groups is 2. The Morgan fingerprint density at radius 2 is 1.44 bits per heavy atom. The number of esters is 1. The fourth-order valence-corrected chi connectivity index (χ4v) is 19.6. The van der Waals surface area contributed by atoms with Gasteiger partial charge in [-0.1, -0.05) is 32.9 Å². The average Bonchev–Trinajstić information content (AvgIpc) is 1.56. The summed E-state index contributed by atoms with van der Waals surface area (Å²) in [6.45, 7) is 11.4. The molecule has 1 unspecified atom stereocenters. The highest BCUT2D eigenvalue weighted by atomic mass is 19.1. The maximum atomic E-state index is 14.7. The summed E-state index contributed by atoms with van der Waals surface area (Å²) in [5.41, 5.74) is 9.42. The van der Waals surface area contributed by atoms with E-state index in [0.717, 1.165) is 38.6 Å². The van der Waals surface area contributed by atoms with E-state index in [1.807, 2.05) is 13.8 Å². The number of phenolic OH excluding ortho intramolecular Hbond substituents is 3. The van der Waals surface area contributed by atoms with Gasteiger partial charge in [0.1, 0.15) is 52.7 Å². The number of nitrogens with two attached hydrogens (primary N) is 1. The Bertz CT molecular complexity index is 5910. The maximum Gasteiger partial charge on any atom is 0.411 e. The van der Waals surface area contributed by atoms with Crippen LogP contribution in [0.2, 0.25) is 0 Å². The van der Waals surface area contributed by atoms with Crippen LogP contribution in [-0.2, 0) is 109 Å². The Morgan fingerprint density at radius 3 is 2.13 bits per heavy atom. The maximum absolute atomic E-state index is 14.7. The number of morpholine rings is 1. The van der Waals surface area contributed by atoms with Crippen molar-refractivity contribution in [1.29, 1.82) is 0 Å². The second-order valence-corrected chi connectivity index (χ2v) is 32.9. The van der Waals surface area contributed by atoms with E-state index in [-0.39, 0.29) is 107 Å². The lowest BCUT2D eigenvalue weighted by Crippen LogP contribution is -2.55. The summed E-state index contributed by atoms with van der Waals surface area (Å²) >= 11 is 0. The predicted octanol–water partition coefficient (Wildman–Crippen LogP) is 6.58. The molecule has 4 aromatic carbocycles. The number of benzene rings is 4. The molecule has 8 aromatic rings. The highest BCUT2D eigenvalue weighted by Gasteiger charge is 2.57. The topological polar surface area (TPSA) is 433 Å². The van der Waals surface area contributed by atoms with Gasteiger partial charge >= 0.3 is 18.2 Å². The van der Waals surface area contributed by atoms with Gasteiger partial charge in [-0.2, -0.15) is 0 Å². The quantitative estimate of drug-likeness (QED) is 0.0271. The number of hydrogen-bond donors (Lipinski definition) is 8. The molecule has 11 atom stereocenters. The molecule has 0 radical (unpaired) electrons. The highest BCUT2D eigenvalue weighted by Crippen LogP contribution is 2.55. The number of fused-ring (bicyclic) bond motifs is 16. The van der Waals surface area contributed by atoms with Gasteiger partial charge in [0.25, 0.3) is 11.1 Å². The molecule has 6 aliphatic heterocycles. The first kappa shape index (κ1) is 85.5. The number of hydrogen-bond acceptors (Lipinski definition) is 29. The number of likely N-dealkylation sites (N-methyl/N-ethyl adjacent to an activating group) is 4. The van der Waals surface area contributed by atoms with E-state index in [4.69, 9.17) is 58.3 Å². The lowest BCUT2D eigenvalue weighted by molar-refractivity contribution is -0.256. The van der Waals surface area contributed by atoms with Crippen LogP contribution in [0.25, 0.3) is 44.6 Å². The molecule has 34 heteroatoms. The number of rotatable bonds is 17. The summed E-state index contributed by atoms with van der Waals surface area (Å²) in [6.07, 6.45) is -3.76. The van der Waals surface area contributed by atoms with Crippen LogP contribution >= 0.6 is 0 Å². The van der Waals surface area contributed by atoms with Gasteiger partial charge in [0, 0.05) is 153 Å². The predicted molar refractivity (Wildman–Crippen MR) is 439 cm³/mol. The lowest BCUT2D eigenvalue weighted by Gasteiger charge is -2.43. The Hall–Kier alpha value is -11.0. The Labute approximate surface area is 705 Å². The van der Waals surface area contributed by atoms with Gasteiger partial charge in [-0.3, -0.25) is 33.7 Å². The summed E-state index contributed by atoms with van der Waals surface area (Å²) in [5.74, 6) is -4.79. The molecule has 123 heavy (non-hydrogen) atoms. The smallest absolute Gasteiger partial charge is 0.411 e. The van der Waals surface area contributed by atoms with E-state index in [9.17, 15) is 73.1 Å². The molecule has 3 fully saturated rings. The number of aryl methyl sites for hydroxylation is 2. The van der Waals surface area contributed by atoms with Crippen LogP contribution in [-0.4, -0.2) is 232 Å². The van der Waals surface area contributed by atoms with Crippen LogP contribution in [0, 0.1) is 12.7 Å². The first-order valence-corrected chi connectivity index (χ1v) is 41.5. The molecule has 0 spiro atoms. The third-order valence-electron chi connectivity index (χ3n) is 26.2. The van der Waals surface area contributed by atoms with Crippen molar-refractivity contribution in [3.05, 3.63) is 170 Å². The minimum atomic E-state index is -2.32. The number of phenols is 3. The number of ether oxygens (including phenoxy) is 9. The number of amides is 2. The van der Waals surface area contributed by atoms with E-state index in [2.05, 4.69) is 15.5 Å². The minimum Gasteiger partial charge on any atom is -0.508 e. The van der Waals surface area contributed by atoms with Crippen LogP contribution in [0.5, 0.6) is 23.0 Å². The Morgan fingerprint density at radius 1 is 0.756 bits per heavy atom. The van der Waals surface area contributed by atoms with Crippen LogP contribution < -0.4 is 32.2 Å². The standard InChI is InChI=1S/C37H45N3O14.C27H30N4O6.C25H24FN3O3/c1-17-33-20(40-11-12-50-35(49-5)34(40)54-33)13-24(52-17)53-22-15-37(47,23(41)16-51-36(46)39(3)10-9-38-2)14-19-26(22)32(45)28-27(30(19)43)29(42)18-7-6-8-21(48-4)25(18)31(28)44;1-5-16-17-11-15(32)7-8-21(17)29-23-18(16)13-31-22(23)12-20-19(24(31)33)14-36-25(34)27(20,6-2)37-26(35)30(4)10-9-28-3;1-3-25(32)15-8-19-23-14(10-29(19)24(31)13(15)5-7-20(25)30)21-17(27)6-4-12-11(2)16(26)9-18(28-23)22(12)21/h6-8,17,20,22,24,33-35,38,43,45,47H,9-16H2,1-5H3;7-8,11-12,28,32H,5-6,9-10,13-14H2,1-4H3;8-9,17,32H,3-7,10,27H2,1-2H3/t17-,20-,22-,24-,33?,34+,35-,37-;27-;17-,25-/m000/s1. The molecule has 18 rings (SSSR count). The van der Waals surface area contributed by atoms with E-state index >= 15 is 0 Å². The molecule has 9 N–H and O–H groups in total. The number of carbonyl (C=O) groups excluding carboxylic acids is 7. The van der Waals surface area contributed by atoms with Crippen molar-refractivity contribution in [1.82, 2.24) is 44.4 Å². The normalized spacial score (nSPS) is 24.6. The van der Waals surface area contributed by atoms with Crippen LogP contribution in [0.4, 0.5) is 14.0 Å². The molecule has 4 aromatic heterocycles. The Balaban J connectivity index is 0.000000142. The molecule has 0 bridgehead atoms. The van der Waals surface area contributed by atoms with Crippen molar-refractivity contribution < 1.29 is 106 Å². The number of pyridine rings is 4. The van der Waals surface area contributed by atoms with Crippen LogP contribution in [0.3, 0.4) is 0 Å². The van der Waals surface area contributed by atoms with Gasteiger partial charge in [0.15, 0.2) is 37.0 Å². The number of aromatic hydroxyl groups is 3. The van der Waals surface area contributed by atoms with Crippen molar-refractivity contribution in [2.75, 3.05) is 88.3 Å². The average molecular weight is 1700 g/mol. The molecule has 4 aliphatic carbocycles. The molecule has 0 saturated carbocycles. The van der Waals surface area contributed by atoms with Gasteiger partial charge in [0.05, 0.1) is 95.1 Å². The van der Waals surface area contributed by atoms with Crippen LogP contribution in [0.1, 0.15) is 177 Å². The molecular weight excluding hydrogens is 1600 g/mol. The van der Waals surface area contributed by atoms with Gasteiger partial charge in [-0.15, -0.1) is 0 Å². The van der Waals surface area contributed by atoms with Gasteiger partial charge in [0.2, 0.25) is 17.2 Å². The number of aromatic nitrogens is 4. The zero-order valence-corrected chi connectivity index (χ0v) is 70.1. The first-order valence-electron chi connectivity index (χ1n) is 41.5. The minimum absolute atomic E-state index is 0.0548. The molecule has 3 saturated heterocycles. The molecule has 2 amide bonds. The van der Waals surface area contributed by atoms with Crippen molar-refractivity contribution in [2.45, 2.75) is 185 Å². The number of carbonyl (C=O) groups is 7. The van der Waals surface area contributed by atoms with E-state index < -0.39 is 125 Å². The summed E-state index contributed by atoms with van der Waals surface area (Å²) in [6, 6.07) is 14.0. The van der Waals surface area contributed by atoms with E-state index in [1.165, 1.54) is 55.3 Å². The van der Waals surface area contributed by atoms with Crippen molar-refractivity contribution in [2.24, 2.45) is 5.73 Å². The van der Waals surface area contributed by atoms with Gasteiger partial charge in [-0.25, -0.2) is 28.7 Å². The zero-order valence-electron chi connectivity index (χ0n) is 70.1. The second kappa shape index (κ2) is 32.9. The fourth-order valence-electron chi connectivity index (χ4n) is 19.6. The van der Waals surface area contributed by atoms with Gasteiger partial charge < -0.3 is 103 Å². The van der Waals surface area contributed by atoms with Crippen molar-refractivity contribution in [3.63, 3.8) is 0 Å². The van der Waals surface area contributed by atoms with Crippen molar-refractivity contribution in [3.8, 4) is 45.8 Å². The summed E-state index contributed by atoms with van der Waals surface area (Å²) < 4.78 is 70.2. The monoisotopic (exact) mass is 1690 g/mol. The van der Waals surface area contributed by atoms with Gasteiger partial charge in [-0.05, 0) is 125 Å². The number of ketones is 4. The third-order valence-corrected chi connectivity index (χ3v) is 26.2. The number of halogens is 1. The second-order valence-electron chi connectivity index (χ2n) is 32.9. The third kappa shape index (κ3) is 14.0. The van der Waals surface area contributed by atoms with Crippen LogP contribution in [0.15, 0.2) is 64.2 Å². The molecule has 650 valence electrons. The zero-order chi connectivity index (χ0) is 87.6. The molecule has 10 heterocycles. The SMILES string of the molecule is CC[C@@]1(O)C(=O)CCc2c1cc1n(c2=O)Cc2c-1nc1cc(F)c(C)c3c1c2[C@@H](N)CC3.CCc1c2c(nc3ccc(O)cc13)-c1cc3c(c(=O)n1C2)COC(=O)[C@@]3(CC)OC(=O)N(C)CCNC.CNCCN(C)C(=O)OCC(=O)[C@]1(O)Cc2c(O)c3c(c(O)c2[C@@H](O[C@H]2C[C@H]4C(O[C@@H]5[C@@H](OC)OCCN54)[C@H](C)O2)C1)C(=O)c1c(OC)cccc1C3=O. The molecular formula is C89H99FN10O23. The lowest BCUT2D eigenvalue weighted by atomic mass is 9.72. The summed E-state index contributed by atoms with van der Waals surface area (Å²) in [5, 5.41) is 64.7. The summed E-state index contributed by atoms with van der Waals surface area (Å²) in [4.78, 5) is 135. The number of nitrogens with one attached hydrogen (secondary N) is 2.